The van der Waals surface area contributed by atoms with E-state index in [9.17, 15) is 19.2 Å². The van der Waals surface area contributed by atoms with Crippen molar-refractivity contribution in [1.82, 2.24) is 15.6 Å². The first-order valence-electron chi connectivity index (χ1n) is 12.2. The number of H-pyrrole nitrogens is 1. The lowest BCUT2D eigenvalue weighted by atomic mass is 9.94. The lowest BCUT2D eigenvalue weighted by Gasteiger charge is -2.21. The smallest absolute Gasteiger partial charge is 0.330 e. The van der Waals surface area contributed by atoms with Crippen molar-refractivity contribution in [2.24, 2.45) is 11.8 Å². The molecular formula is C28H30ClN3O5. The lowest BCUT2D eigenvalue weighted by molar-refractivity contribution is -0.137. The number of benzene rings is 1. The van der Waals surface area contributed by atoms with Crippen LogP contribution in [-0.2, 0) is 19.1 Å². The Morgan fingerprint density at radius 3 is 2.73 bits per heavy atom. The standard InChI is InChI=1S/C28H30ClN3O5/c1-3-7-18(17-25(33)24-12-11-23(32-24)21-8-5-6-9-22(21)29)28(36)31-20(10-13-26(34)37-4-2)16-19-14-15-30-27(19)35/h1,5-6,8-13,18-20,32H,4,7,14-17H2,2H3,(H,30,35)(H,31,36)/b13-10+/t18-,19+,20-/m0/s1. The maximum Gasteiger partial charge on any atom is 0.330 e. The highest BCUT2D eigenvalue weighted by atomic mass is 35.5. The summed E-state index contributed by atoms with van der Waals surface area (Å²) in [5.74, 6) is 0.0280. The number of amides is 2. The predicted octanol–water partition coefficient (Wildman–Crippen LogP) is 3.68. The van der Waals surface area contributed by atoms with Crippen LogP contribution in [0.5, 0.6) is 0 Å². The molecule has 2 heterocycles. The van der Waals surface area contributed by atoms with Crippen LogP contribution < -0.4 is 10.6 Å². The molecule has 0 unspecified atom stereocenters. The number of carbonyl (C=O) groups excluding carboxylic acids is 4. The Morgan fingerprint density at radius 2 is 2.05 bits per heavy atom. The van der Waals surface area contributed by atoms with Crippen LogP contribution in [0, 0.1) is 24.2 Å². The Labute approximate surface area is 221 Å². The third-order valence-corrected chi connectivity index (χ3v) is 6.43. The molecular weight excluding hydrogens is 494 g/mol. The Bertz CT molecular complexity index is 1210. The van der Waals surface area contributed by atoms with Crippen molar-refractivity contribution in [1.29, 1.82) is 0 Å². The molecule has 1 aliphatic rings. The maximum absolute atomic E-state index is 13.2. The molecule has 8 nitrogen and oxygen atoms in total. The highest BCUT2D eigenvalue weighted by Gasteiger charge is 2.29. The molecule has 1 fully saturated rings. The van der Waals surface area contributed by atoms with Crippen molar-refractivity contribution < 1.29 is 23.9 Å². The summed E-state index contributed by atoms with van der Waals surface area (Å²) in [5, 5.41) is 6.17. The van der Waals surface area contributed by atoms with E-state index < -0.39 is 23.8 Å². The van der Waals surface area contributed by atoms with Gasteiger partial charge in [0, 0.05) is 53.7 Å². The van der Waals surface area contributed by atoms with Gasteiger partial charge < -0.3 is 20.4 Å². The number of Topliss-reactive ketones (excluding diaryl/α,β-unsaturated/α-hetero) is 1. The summed E-state index contributed by atoms with van der Waals surface area (Å²) in [6.07, 6.45) is 9.12. The van der Waals surface area contributed by atoms with Gasteiger partial charge in [-0.3, -0.25) is 14.4 Å². The summed E-state index contributed by atoms with van der Waals surface area (Å²) in [6, 6.07) is 10.1. The topological polar surface area (TPSA) is 117 Å². The van der Waals surface area contributed by atoms with Crippen molar-refractivity contribution >= 4 is 35.2 Å². The zero-order valence-corrected chi connectivity index (χ0v) is 21.3. The number of hydrogen-bond donors (Lipinski definition) is 3. The van der Waals surface area contributed by atoms with Crippen LogP contribution in [0.2, 0.25) is 5.02 Å². The predicted molar refractivity (Wildman–Crippen MR) is 141 cm³/mol. The van der Waals surface area contributed by atoms with Crippen molar-refractivity contribution in [3.63, 3.8) is 0 Å². The molecule has 0 bridgehead atoms. The van der Waals surface area contributed by atoms with Gasteiger partial charge in [-0.05, 0) is 38.0 Å². The van der Waals surface area contributed by atoms with E-state index in [1.165, 1.54) is 12.2 Å². The quantitative estimate of drug-likeness (QED) is 0.170. The highest BCUT2D eigenvalue weighted by molar-refractivity contribution is 6.33. The van der Waals surface area contributed by atoms with Gasteiger partial charge in [0.2, 0.25) is 11.8 Å². The monoisotopic (exact) mass is 523 g/mol. The number of aromatic amines is 1. The number of ketones is 1. The van der Waals surface area contributed by atoms with E-state index >= 15 is 0 Å². The summed E-state index contributed by atoms with van der Waals surface area (Å²) >= 11 is 6.26. The molecule has 1 aliphatic heterocycles. The number of terminal acetylenes is 1. The van der Waals surface area contributed by atoms with Crippen molar-refractivity contribution in [2.75, 3.05) is 13.2 Å². The number of rotatable bonds is 12. The van der Waals surface area contributed by atoms with Gasteiger partial charge in [0.05, 0.1) is 18.2 Å². The third kappa shape index (κ3) is 7.83. The van der Waals surface area contributed by atoms with Crippen LogP contribution in [0.1, 0.15) is 43.1 Å². The SMILES string of the molecule is C#CC[C@@H](CC(=O)c1ccc(-c2ccccc2Cl)[nH]1)C(=O)N[C@@H](/C=C/C(=O)OCC)C[C@H]1CCNC1=O. The first-order chi connectivity index (χ1) is 17.8. The first-order valence-corrected chi connectivity index (χ1v) is 12.5. The Kier molecular flexibility index (Phi) is 10.1. The highest BCUT2D eigenvalue weighted by Crippen LogP contribution is 2.27. The minimum Gasteiger partial charge on any atom is -0.463 e. The summed E-state index contributed by atoms with van der Waals surface area (Å²) in [6.45, 7) is 2.47. The zero-order valence-electron chi connectivity index (χ0n) is 20.6. The molecule has 3 atom stereocenters. The third-order valence-electron chi connectivity index (χ3n) is 6.10. The molecule has 9 heteroatoms. The molecule has 1 saturated heterocycles. The molecule has 3 rings (SSSR count). The maximum atomic E-state index is 13.2. The second kappa shape index (κ2) is 13.5. The van der Waals surface area contributed by atoms with Crippen LogP contribution in [0.25, 0.3) is 11.3 Å². The lowest BCUT2D eigenvalue weighted by Crippen LogP contribution is -2.40. The molecule has 0 spiro atoms. The van der Waals surface area contributed by atoms with E-state index in [0.717, 1.165) is 5.56 Å². The van der Waals surface area contributed by atoms with E-state index in [1.54, 1.807) is 25.1 Å². The molecule has 2 aromatic rings. The average molecular weight is 524 g/mol. The van der Waals surface area contributed by atoms with Crippen LogP contribution in [0.15, 0.2) is 48.6 Å². The van der Waals surface area contributed by atoms with E-state index in [0.29, 0.717) is 35.8 Å². The van der Waals surface area contributed by atoms with Crippen LogP contribution in [0.4, 0.5) is 0 Å². The summed E-state index contributed by atoms with van der Waals surface area (Å²) in [7, 11) is 0. The Balaban J connectivity index is 1.71. The van der Waals surface area contributed by atoms with Gasteiger partial charge in [0.25, 0.3) is 0 Å². The number of hydrogen-bond acceptors (Lipinski definition) is 5. The Hall–Kier alpha value is -3.83. The molecule has 0 aliphatic carbocycles. The number of esters is 1. The van der Waals surface area contributed by atoms with Gasteiger partial charge in [-0.2, -0.15) is 0 Å². The number of halogens is 1. The fourth-order valence-electron chi connectivity index (χ4n) is 4.18. The van der Waals surface area contributed by atoms with Crippen molar-refractivity contribution in [3.05, 3.63) is 59.3 Å². The normalized spacial score (nSPS) is 16.6. The van der Waals surface area contributed by atoms with E-state index in [4.69, 9.17) is 22.8 Å². The second-order valence-corrected chi connectivity index (χ2v) is 9.14. The largest absolute Gasteiger partial charge is 0.463 e. The average Bonchev–Trinajstić information content (AvgIpc) is 3.52. The first kappa shape index (κ1) is 27.8. The second-order valence-electron chi connectivity index (χ2n) is 8.74. The van der Waals surface area contributed by atoms with Gasteiger partial charge >= 0.3 is 5.97 Å². The summed E-state index contributed by atoms with van der Waals surface area (Å²) in [5.41, 5.74) is 1.78. The zero-order chi connectivity index (χ0) is 26.8. The van der Waals surface area contributed by atoms with Gasteiger partial charge in [0.15, 0.2) is 5.78 Å². The summed E-state index contributed by atoms with van der Waals surface area (Å²) in [4.78, 5) is 53.2. The van der Waals surface area contributed by atoms with Crippen molar-refractivity contribution in [3.8, 4) is 23.6 Å². The molecule has 3 N–H and O–H groups in total. The minimum atomic E-state index is -0.791. The van der Waals surface area contributed by atoms with Crippen LogP contribution in [0.3, 0.4) is 0 Å². The van der Waals surface area contributed by atoms with Crippen LogP contribution in [-0.4, -0.2) is 47.7 Å². The number of nitrogens with one attached hydrogen (secondary N) is 3. The fraction of sp³-hybridized carbons (Fsp3) is 0.357. The number of aromatic nitrogens is 1. The molecule has 37 heavy (non-hydrogen) atoms. The van der Waals surface area contributed by atoms with Gasteiger partial charge in [0.1, 0.15) is 0 Å². The van der Waals surface area contributed by atoms with E-state index in [1.807, 2.05) is 18.2 Å². The van der Waals surface area contributed by atoms with Crippen LogP contribution >= 0.6 is 11.6 Å². The molecule has 0 saturated carbocycles. The van der Waals surface area contributed by atoms with Gasteiger partial charge in [-0.25, -0.2) is 4.79 Å². The van der Waals surface area contributed by atoms with Gasteiger partial charge in [-0.15, -0.1) is 12.3 Å². The molecule has 2 amide bonds. The Morgan fingerprint density at radius 1 is 1.27 bits per heavy atom. The molecule has 1 aromatic heterocycles. The minimum absolute atomic E-state index is 0.0495. The fourth-order valence-corrected chi connectivity index (χ4v) is 4.41. The van der Waals surface area contributed by atoms with Gasteiger partial charge in [-0.1, -0.05) is 35.9 Å². The molecule has 194 valence electrons. The van der Waals surface area contributed by atoms with Crippen molar-refractivity contribution in [2.45, 2.75) is 38.6 Å². The summed E-state index contributed by atoms with van der Waals surface area (Å²) < 4.78 is 4.92. The molecule has 1 aromatic carbocycles. The number of carbonyl (C=O) groups is 4. The van der Waals surface area contributed by atoms with E-state index in [2.05, 4.69) is 21.5 Å². The number of ether oxygens (including phenoxy) is 1. The van der Waals surface area contributed by atoms with E-state index in [-0.39, 0.29) is 37.1 Å². The molecule has 0 radical (unpaired) electrons.